The number of allylic oxidation sites excluding steroid dienone is 6. The first kappa shape index (κ1) is 23.1. The van der Waals surface area contributed by atoms with Gasteiger partial charge in [-0.2, -0.15) is 0 Å². The van der Waals surface area contributed by atoms with E-state index in [1.165, 1.54) is 9.13 Å². The van der Waals surface area contributed by atoms with Crippen LogP contribution < -0.4 is 0 Å². The molecule has 0 aliphatic heterocycles. The van der Waals surface area contributed by atoms with Crippen molar-refractivity contribution in [3.63, 3.8) is 0 Å². The molecule has 4 aliphatic rings. The molecule has 0 fully saturated rings. The molecule has 1 aromatic carbocycles. The van der Waals surface area contributed by atoms with Gasteiger partial charge in [-0.3, -0.25) is 9.13 Å². The van der Waals surface area contributed by atoms with Crippen LogP contribution in [0.15, 0.2) is 73.9 Å². The Morgan fingerprint density at radius 3 is 1.61 bits per heavy atom. The van der Waals surface area contributed by atoms with Gasteiger partial charge >= 0.3 is 0 Å². The van der Waals surface area contributed by atoms with Gasteiger partial charge in [0.25, 0.3) is 0 Å². The molecule has 2 heterocycles. The van der Waals surface area contributed by atoms with Gasteiger partial charge in [-0.15, -0.1) is 13.2 Å². The maximum absolute atomic E-state index is 11.5. The molecular weight excluding hydrogens is 476 g/mol. The lowest BCUT2D eigenvalue weighted by Gasteiger charge is -2.24. The number of rotatable bonds is 8. The lowest BCUT2D eigenvalue weighted by atomic mass is 9.79. The van der Waals surface area contributed by atoms with Crippen LogP contribution in [0.25, 0.3) is 11.4 Å². The first-order chi connectivity index (χ1) is 18.4. The van der Waals surface area contributed by atoms with Gasteiger partial charge < -0.3 is 20.4 Å². The van der Waals surface area contributed by atoms with Crippen LogP contribution in [0.3, 0.4) is 0 Å². The smallest absolute Gasteiger partial charge is 0.203 e. The predicted molar refractivity (Wildman–Crippen MR) is 147 cm³/mol. The van der Waals surface area contributed by atoms with E-state index in [-0.39, 0.29) is 46.2 Å². The highest BCUT2D eigenvalue weighted by Gasteiger charge is 2.52. The quantitative estimate of drug-likeness (QED) is 0.258. The number of fused-ring (bicyclic) bond motifs is 10. The van der Waals surface area contributed by atoms with E-state index in [1.54, 1.807) is 12.1 Å². The minimum atomic E-state index is -0.303. The molecule has 6 heteroatoms. The molecule has 7 rings (SSSR count). The molecule has 3 aromatic rings. The molecule has 0 saturated carbocycles. The first-order valence-electron chi connectivity index (χ1n) is 13.4. The van der Waals surface area contributed by atoms with Crippen molar-refractivity contribution in [2.75, 3.05) is 0 Å². The third-order valence-electron chi connectivity index (χ3n) is 9.45. The summed E-state index contributed by atoms with van der Waals surface area (Å²) in [6.45, 7) is 7.72. The number of nitrogens with zero attached hydrogens (tertiary/aromatic N) is 2. The van der Waals surface area contributed by atoms with Crippen molar-refractivity contribution in [3.05, 3.63) is 96.1 Å². The number of hydrogen-bond acceptors (Lipinski definition) is 4. The van der Waals surface area contributed by atoms with Crippen molar-refractivity contribution in [3.8, 4) is 34.9 Å². The van der Waals surface area contributed by atoms with E-state index in [4.69, 9.17) is 0 Å². The van der Waals surface area contributed by atoms with Crippen LogP contribution in [0.1, 0.15) is 72.6 Å². The molecule has 0 saturated heterocycles. The fourth-order valence-corrected chi connectivity index (χ4v) is 7.84. The summed E-state index contributed by atoms with van der Waals surface area (Å²) >= 11 is 0. The van der Waals surface area contributed by atoms with E-state index in [0.29, 0.717) is 11.4 Å². The van der Waals surface area contributed by atoms with Crippen molar-refractivity contribution in [1.82, 2.24) is 9.13 Å². The zero-order valence-corrected chi connectivity index (χ0v) is 21.3. The number of benzene rings is 1. The van der Waals surface area contributed by atoms with Crippen molar-refractivity contribution < 1.29 is 20.4 Å². The summed E-state index contributed by atoms with van der Waals surface area (Å²) in [6.07, 6.45) is 17.4. The van der Waals surface area contributed by atoms with E-state index in [0.717, 1.165) is 60.8 Å². The van der Waals surface area contributed by atoms with Crippen LogP contribution in [0.2, 0.25) is 0 Å². The van der Waals surface area contributed by atoms with Crippen molar-refractivity contribution >= 4 is 0 Å². The Morgan fingerprint density at radius 1 is 0.737 bits per heavy atom. The Kier molecular flexibility index (Phi) is 4.70. The highest BCUT2D eigenvalue weighted by atomic mass is 16.3. The third-order valence-corrected chi connectivity index (χ3v) is 9.45. The maximum atomic E-state index is 11.5. The molecule has 4 aliphatic carbocycles. The molecule has 4 bridgehead atoms. The van der Waals surface area contributed by atoms with Crippen LogP contribution in [0.4, 0.5) is 0 Å². The Bertz CT molecular complexity index is 1470. The van der Waals surface area contributed by atoms with Gasteiger partial charge in [-0.1, -0.05) is 42.5 Å². The summed E-state index contributed by atoms with van der Waals surface area (Å²) in [5, 5.41) is 45.6. The van der Waals surface area contributed by atoms with Gasteiger partial charge in [-0.25, -0.2) is 0 Å². The largest absolute Gasteiger partial charge is 0.494 e. The summed E-state index contributed by atoms with van der Waals surface area (Å²) in [5.74, 6) is 0.303. The standard InChI is InChI=1S/C32H32N2O4/c1-3-5-12-31-14-10-19(17-31)23-25(31)29(37)33(27(23)35)21-8-7-9-22(16-21)34-28(36)24-20-11-15-32(18-20,13-6-4-2)26(24)30(34)38/h3-4,7-11,14-16,19-20,35-38H,1-2,5-6,12-13,17-18H2. The molecule has 194 valence electrons. The van der Waals surface area contributed by atoms with E-state index in [2.05, 4.69) is 37.5 Å². The number of hydrogen-bond donors (Lipinski definition) is 4. The van der Waals surface area contributed by atoms with E-state index >= 15 is 0 Å². The normalized spacial score (nSPS) is 27.3. The Balaban J connectivity index is 1.33. The van der Waals surface area contributed by atoms with Crippen LogP contribution in [0.5, 0.6) is 23.5 Å². The van der Waals surface area contributed by atoms with Gasteiger partial charge in [0.15, 0.2) is 0 Å². The molecule has 6 nitrogen and oxygen atoms in total. The van der Waals surface area contributed by atoms with Gasteiger partial charge in [0, 0.05) is 44.9 Å². The average Bonchev–Trinajstić information content (AvgIpc) is 3.73. The topological polar surface area (TPSA) is 90.8 Å². The van der Waals surface area contributed by atoms with E-state index in [1.807, 2.05) is 24.3 Å². The van der Waals surface area contributed by atoms with E-state index < -0.39 is 0 Å². The maximum Gasteiger partial charge on any atom is 0.203 e. The van der Waals surface area contributed by atoms with Gasteiger partial charge in [-0.05, 0) is 56.7 Å². The molecule has 4 N–H and O–H groups in total. The van der Waals surface area contributed by atoms with Crippen molar-refractivity contribution in [1.29, 1.82) is 0 Å². The van der Waals surface area contributed by atoms with Crippen LogP contribution >= 0.6 is 0 Å². The fourth-order valence-electron chi connectivity index (χ4n) is 7.84. The lowest BCUT2D eigenvalue weighted by molar-refractivity contribution is 0.383. The predicted octanol–water partition coefficient (Wildman–Crippen LogP) is 6.61. The van der Waals surface area contributed by atoms with Gasteiger partial charge in [0.1, 0.15) is 0 Å². The van der Waals surface area contributed by atoms with Gasteiger partial charge in [0.05, 0.1) is 11.4 Å². The zero-order valence-electron chi connectivity index (χ0n) is 21.3. The molecule has 2 aromatic heterocycles. The van der Waals surface area contributed by atoms with Crippen LogP contribution in [-0.2, 0) is 10.8 Å². The summed E-state index contributed by atoms with van der Waals surface area (Å²) in [5.41, 5.74) is 3.68. The Hall–Kier alpha value is -4.06. The molecule has 0 amide bonds. The number of aromatic hydroxyl groups is 4. The first-order valence-corrected chi connectivity index (χ1v) is 13.4. The summed E-state index contributed by atoms with van der Waals surface area (Å²) in [6, 6.07) is 7.21. The Labute approximate surface area is 221 Å². The fraction of sp³-hybridized carbons (Fsp3) is 0.312. The minimum absolute atomic E-state index is 0.0403. The minimum Gasteiger partial charge on any atom is -0.494 e. The molecule has 0 radical (unpaired) electrons. The number of aromatic nitrogens is 2. The second-order valence-corrected chi connectivity index (χ2v) is 11.4. The summed E-state index contributed by atoms with van der Waals surface area (Å²) < 4.78 is 2.97. The second-order valence-electron chi connectivity index (χ2n) is 11.4. The van der Waals surface area contributed by atoms with E-state index in [9.17, 15) is 20.4 Å². The zero-order chi connectivity index (χ0) is 26.4. The summed E-state index contributed by atoms with van der Waals surface area (Å²) in [7, 11) is 0. The van der Waals surface area contributed by atoms with Crippen LogP contribution in [-0.4, -0.2) is 29.6 Å². The monoisotopic (exact) mass is 508 g/mol. The second kappa shape index (κ2) is 7.73. The highest BCUT2D eigenvalue weighted by Crippen LogP contribution is 2.63. The molecule has 38 heavy (non-hydrogen) atoms. The highest BCUT2D eigenvalue weighted by molar-refractivity contribution is 5.68. The van der Waals surface area contributed by atoms with Crippen molar-refractivity contribution in [2.24, 2.45) is 0 Å². The molecule has 4 unspecified atom stereocenters. The average molecular weight is 509 g/mol. The molecule has 4 atom stereocenters. The lowest BCUT2D eigenvalue weighted by Crippen LogP contribution is -2.18. The molecule has 0 spiro atoms. The van der Waals surface area contributed by atoms with Gasteiger partial charge in [0.2, 0.25) is 23.5 Å². The van der Waals surface area contributed by atoms with Crippen molar-refractivity contribution in [2.45, 2.75) is 61.2 Å². The Morgan fingerprint density at radius 2 is 1.18 bits per heavy atom. The SMILES string of the molecule is C=CCCC12C=CC(C1)c1c2c(O)n(-c2cccc(-n3c(O)c4c(c3O)C3(CCC=C)C=CC4C3)c2)c1O. The third kappa shape index (κ3) is 2.72. The molecular formula is C32H32N2O4. The summed E-state index contributed by atoms with van der Waals surface area (Å²) in [4.78, 5) is 0. The van der Waals surface area contributed by atoms with Crippen LogP contribution in [0, 0.1) is 0 Å².